The Morgan fingerprint density at radius 1 is 1.12 bits per heavy atom. The van der Waals surface area contributed by atoms with Gasteiger partial charge in [0, 0.05) is 25.0 Å². The quantitative estimate of drug-likeness (QED) is 0.219. The highest BCUT2D eigenvalue weighted by molar-refractivity contribution is 6.39. The molecule has 3 aromatic rings. The number of piperidine rings is 1. The van der Waals surface area contributed by atoms with E-state index in [1.807, 2.05) is 0 Å². The highest BCUT2D eigenvalue weighted by Crippen LogP contribution is 2.39. The number of aromatic carboxylic acids is 1. The Hall–Kier alpha value is -3.32. The van der Waals surface area contributed by atoms with E-state index in [2.05, 4.69) is 15.6 Å². The molecule has 1 aliphatic rings. The van der Waals surface area contributed by atoms with Gasteiger partial charge in [0.15, 0.2) is 0 Å². The van der Waals surface area contributed by atoms with E-state index >= 15 is 0 Å². The lowest BCUT2D eigenvalue weighted by molar-refractivity contribution is -0.179. The number of carboxylic acid groups (broad SMARTS) is 1. The van der Waals surface area contributed by atoms with Crippen LogP contribution in [0.3, 0.4) is 0 Å². The number of fused-ring (bicyclic) bond motifs is 1. The summed E-state index contributed by atoms with van der Waals surface area (Å²) in [6.45, 7) is 4.34. The molecule has 0 atom stereocenters. The van der Waals surface area contributed by atoms with Crippen LogP contribution in [0.1, 0.15) is 49.5 Å². The number of amides is 1. The third-order valence-electron chi connectivity index (χ3n) is 7.24. The van der Waals surface area contributed by atoms with Gasteiger partial charge in [0.1, 0.15) is 0 Å². The Kier molecular flexibility index (Phi) is 9.36. The fourth-order valence-corrected chi connectivity index (χ4v) is 5.39. The molecule has 8 nitrogen and oxygen atoms in total. The zero-order valence-corrected chi connectivity index (χ0v) is 25.0. The monoisotopic (exact) mass is 649 g/mol. The van der Waals surface area contributed by atoms with Crippen molar-refractivity contribution in [3.63, 3.8) is 0 Å². The number of benzene rings is 2. The number of hydrogen-bond donors (Lipinski definition) is 3. The average molecular weight is 650 g/mol. The van der Waals surface area contributed by atoms with E-state index in [0.717, 1.165) is 4.57 Å². The van der Waals surface area contributed by atoms with Gasteiger partial charge in [-0.2, -0.15) is 13.2 Å². The summed E-state index contributed by atoms with van der Waals surface area (Å²) >= 11 is 13.0. The number of nitrogens with one attached hydrogen (secondary N) is 2. The number of aromatic nitrogens is 2. The lowest BCUT2D eigenvalue weighted by Crippen LogP contribution is -2.39. The van der Waals surface area contributed by atoms with Crippen LogP contribution in [0, 0.1) is 11.3 Å². The smallest absolute Gasteiger partial charge is 0.391 e. The fourth-order valence-electron chi connectivity index (χ4n) is 4.86. The summed E-state index contributed by atoms with van der Waals surface area (Å²) in [5.41, 5.74) is 0.0538. The Morgan fingerprint density at radius 2 is 1.77 bits per heavy atom. The van der Waals surface area contributed by atoms with Crippen molar-refractivity contribution in [3.8, 4) is 0 Å². The van der Waals surface area contributed by atoms with Crippen molar-refractivity contribution in [2.24, 2.45) is 11.3 Å². The highest BCUT2D eigenvalue weighted by atomic mass is 35.5. The molecule has 4 rings (SSSR count). The molecule has 0 saturated carbocycles. The van der Waals surface area contributed by atoms with Crippen molar-refractivity contribution in [1.29, 1.82) is 0 Å². The molecule has 234 valence electrons. The second kappa shape index (κ2) is 12.4. The van der Waals surface area contributed by atoms with Crippen molar-refractivity contribution in [2.45, 2.75) is 59.3 Å². The minimum absolute atomic E-state index is 0.0601. The molecule has 1 amide bonds. The number of halogens is 7. The van der Waals surface area contributed by atoms with E-state index in [1.165, 1.54) is 23.1 Å². The Balaban J connectivity index is 1.74. The molecule has 1 fully saturated rings. The minimum Gasteiger partial charge on any atom is -0.478 e. The van der Waals surface area contributed by atoms with E-state index in [4.69, 9.17) is 23.2 Å². The molecule has 1 aromatic heterocycles. The number of alkyl halides is 5. The SMILES string of the molecule is CC(C)(C)C(=O)NCc1ccc(Cl)c(Nc2nc3cc(C(=O)O)c(N4CCC(C(F)(F)F)CC4)cc3n2CC(F)F)c1Cl. The van der Waals surface area contributed by atoms with Gasteiger partial charge in [0.2, 0.25) is 11.9 Å². The van der Waals surface area contributed by atoms with Gasteiger partial charge < -0.3 is 25.2 Å². The van der Waals surface area contributed by atoms with Crippen LogP contribution in [0.2, 0.25) is 10.0 Å². The molecular formula is C28H30Cl2F5N5O3. The topological polar surface area (TPSA) is 99.5 Å². The van der Waals surface area contributed by atoms with E-state index in [1.54, 1.807) is 26.8 Å². The Morgan fingerprint density at radius 3 is 2.33 bits per heavy atom. The summed E-state index contributed by atoms with van der Waals surface area (Å²) in [5, 5.41) is 15.8. The van der Waals surface area contributed by atoms with E-state index in [-0.39, 0.29) is 82.3 Å². The van der Waals surface area contributed by atoms with Gasteiger partial charge in [-0.05, 0) is 36.6 Å². The third kappa shape index (κ3) is 7.26. The molecular weight excluding hydrogens is 620 g/mol. The second-order valence-electron chi connectivity index (χ2n) is 11.4. The molecule has 0 radical (unpaired) electrons. The van der Waals surface area contributed by atoms with Crippen molar-refractivity contribution in [3.05, 3.63) is 45.4 Å². The molecule has 3 N–H and O–H groups in total. The molecule has 1 aliphatic heterocycles. The number of imidazole rings is 1. The zero-order chi connectivity index (χ0) is 31.9. The van der Waals surface area contributed by atoms with Gasteiger partial charge in [-0.1, -0.05) is 50.0 Å². The maximum Gasteiger partial charge on any atom is 0.391 e. The lowest BCUT2D eigenvalue weighted by atomic mass is 9.95. The molecule has 2 heterocycles. The van der Waals surface area contributed by atoms with Gasteiger partial charge in [-0.3, -0.25) is 4.79 Å². The predicted octanol–water partition coefficient (Wildman–Crippen LogP) is 7.49. The molecule has 1 saturated heterocycles. The van der Waals surface area contributed by atoms with Crippen molar-refractivity contribution in [1.82, 2.24) is 14.9 Å². The first kappa shape index (κ1) is 32.6. The van der Waals surface area contributed by atoms with Gasteiger partial charge >= 0.3 is 12.1 Å². The van der Waals surface area contributed by atoms with E-state index in [0.29, 0.717) is 5.56 Å². The van der Waals surface area contributed by atoms with Crippen LogP contribution < -0.4 is 15.5 Å². The molecule has 0 unspecified atom stereocenters. The van der Waals surface area contributed by atoms with Crippen LogP contribution in [-0.4, -0.2) is 52.2 Å². The van der Waals surface area contributed by atoms with Crippen molar-refractivity contribution in [2.75, 3.05) is 23.3 Å². The molecule has 2 aromatic carbocycles. The predicted molar refractivity (Wildman–Crippen MR) is 155 cm³/mol. The molecule has 43 heavy (non-hydrogen) atoms. The maximum absolute atomic E-state index is 13.8. The minimum atomic E-state index is -4.36. The Labute approximate surface area is 254 Å². The Bertz CT molecular complexity index is 1530. The van der Waals surface area contributed by atoms with Crippen LogP contribution in [0.5, 0.6) is 0 Å². The number of rotatable bonds is 8. The molecule has 15 heteroatoms. The van der Waals surface area contributed by atoms with Crippen molar-refractivity contribution >= 4 is 63.4 Å². The van der Waals surface area contributed by atoms with Crippen LogP contribution in [-0.2, 0) is 17.9 Å². The lowest BCUT2D eigenvalue weighted by Gasteiger charge is -2.35. The fraction of sp³-hybridized carbons (Fsp3) is 0.464. The summed E-state index contributed by atoms with van der Waals surface area (Å²) in [6, 6.07) is 5.68. The number of nitrogens with zero attached hydrogens (tertiary/aromatic N) is 3. The van der Waals surface area contributed by atoms with Crippen LogP contribution >= 0.6 is 23.2 Å². The van der Waals surface area contributed by atoms with Gasteiger partial charge in [-0.15, -0.1) is 0 Å². The number of carbonyl (C=O) groups is 2. The highest BCUT2D eigenvalue weighted by Gasteiger charge is 2.41. The van der Waals surface area contributed by atoms with Crippen LogP contribution in [0.25, 0.3) is 11.0 Å². The van der Waals surface area contributed by atoms with E-state index < -0.39 is 36.4 Å². The first-order valence-electron chi connectivity index (χ1n) is 13.4. The normalized spacial score (nSPS) is 14.9. The summed E-state index contributed by atoms with van der Waals surface area (Å²) in [4.78, 5) is 30.4. The van der Waals surface area contributed by atoms with Gasteiger partial charge in [0.05, 0.1) is 50.5 Å². The third-order valence-corrected chi connectivity index (χ3v) is 7.99. The van der Waals surface area contributed by atoms with Gasteiger partial charge in [0.25, 0.3) is 6.43 Å². The molecule has 0 spiro atoms. The van der Waals surface area contributed by atoms with Crippen LogP contribution in [0.15, 0.2) is 24.3 Å². The average Bonchev–Trinajstić information content (AvgIpc) is 3.23. The number of anilines is 3. The maximum atomic E-state index is 13.8. The number of carboxylic acids is 1. The zero-order valence-electron chi connectivity index (χ0n) is 23.5. The molecule has 0 aliphatic carbocycles. The summed E-state index contributed by atoms with van der Waals surface area (Å²) < 4.78 is 68.3. The number of carbonyl (C=O) groups excluding carboxylic acids is 1. The largest absolute Gasteiger partial charge is 0.478 e. The first-order chi connectivity index (χ1) is 20.0. The summed E-state index contributed by atoms with van der Waals surface area (Å²) in [5.74, 6) is -3.18. The van der Waals surface area contributed by atoms with Gasteiger partial charge in [-0.25, -0.2) is 18.6 Å². The number of hydrogen-bond acceptors (Lipinski definition) is 5. The van der Waals surface area contributed by atoms with E-state index in [9.17, 15) is 36.6 Å². The standard InChI is InChI=1S/C28H30Cl2F5N5O3/c1-27(2,3)25(43)36-12-14-4-5-17(29)23(22(14)30)38-26-37-18-10-16(24(41)42)19(11-20(18)40(26)13-21(31)32)39-8-6-15(7-9-39)28(33,34)35/h4-5,10-11,15,21H,6-9,12-13H2,1-3H3,(H,36,43)(H,37,38)(H,41,42). The van der Waals surface area contributed by atoms with Crippen molar-refractivity contribution < 1.29 is 36.6 Å². The van der Waals surface area contributed by atoms with Crippen LogP contribution in [0.4, 0.5) is 39.3 Å². The summed E-state index contributed by atoms with van der Waals surface area (Å²) in [6.07, 6.45) is -7.66. The first-order valence-corrected chi connectivity index (χ1v) is 14.1. The molecule has 0 bridgehead atoms. The second-order valence-corrected chi connectivity index (χ2v) is 12.1. The summed E-state index contributed by atoms with van der Waals surface area (Å²) in [7, 11) is 0.